The Morgan fingerprint density at radius 1 is 1.08 bits per heavy atom. The molecule has 5 rings (SSSR count). The smallest absolute Gasteiger partial charge is 0.134 e. The Morgan fingerprint density at radius 2 is 1.88 bits per heavy atom. The third-order valence-corrected chi connectivity index (χ3v) is 5.78. The van der Waals surface area contributed by atoms with Crippen molar-refractivity contribution in [2.45, 2.75) is 32.4 Å². The largest absolute Gasteiger partial charge is 0.356 e. The zero-order valence-electron chi connectivity index (χ0n) is 14.2. The molecule has 2 saturated heterocycles. The van der Waals surface area contributed by atoms with E-state index < -0.39 is 0 Å². The predicted octanol–water partition coefficient (Wildman–Crippen LogP) is 1.88. The molecular formula is C18H24N6. The summed E-state index contributed by atoms with van der Waals surface area (Å²) in [5, 5.41) is 0. The molecule has 24 heavy (non-hydrogen) atoms. The summed E-state index contributed by atoms with van der Waals surface area (Å²) in [6.45, 7) is 7.72. The highest BCUT2D eigenvalue weighted by Crippen LogP contribution is 2.37. The summed E-state index contributed by atoms with van der Waals surface area (Å²) in [5.74, 6) is 3.88. The number of rotatable bonds is 4. The second kappa shape index (κ2) is 5.55. The Hall–Kier alpha value is -1.95. The van der Waals surface area contributed by atoms with E-state index in [2.05, 4.69) is 42.4 Å². The first-order valence-corrected chi connectivity index (χ1v) is 9.03. The quantitative estimate of drug-likeness (QED) is 0.859. The van der Waals surface area contributed by atoms with Crippen molar-refractivity contribution in [3.63, 3.8) is 0 Å². The van der Waals surface area contributed by atoms with Crippen LogP contribution < -0.4 is 4.90 Å². The van der Waals surface area contributed by atoms with Crippen LogP contribution in [-0.2, 0) is 6.54 Å². The average molecular weight is 324 g/mol. The van der Waals surface area contributed by atoms with E-state index in [1.54, 1.807) is 6.33 Å². The Labute approximate surface area is 142 Å². The van der Waals surface area contributed by atoms with Crippen LogP contribution in [0, 0.1) is 18.8 Å². The lowest BCUT2D eigenvalue weighted by Gasteiger charge is -2.23. The topological polar surface area (TPSA) is 50.1 Å². The zero-order chi connectivity index (χ0) is 16.1. The number of likely N-dealkylation sites (tertiary alicyclic amines) is 1. The summed E-state index contributed by atoms with van der Waals surface area (Å²) < 4.78 is 2.39. The lowest BCUT2D eigenvalue weighted by molar-refractivity contribution is 0.295. The molecule has 1 saturated carbocycles. The van der Waals surface area contributed by atoms with E-state index in [-0.39, 0.29) is 0 Å². The first kappa shape index (κ1) is 14.4. The van der Waals surface area contributed by atoms with Crippen LogP contribution in [0.3, 0.4) is 0 Å². The lowest BCUT2D eigenvalue weighted by atomic mass is 10.0. The van der Waals surface area contributed by atoms with Crippen LogP contribution in [0.15, 0.2) is 24.9 Å². The zero-order valence-corrected chi connectivity index (χ0v) is 14.2. The van der Waals surface area contributed by atoms with Gasteiger partial charge in [0.2, 0.25) is 0 Å². The summed E-state index contributed by atoms with van der Waals surface area (Å²) in [7, 11) is 0. The first-order chi connectivity index (χ1) is 11.8. The molecule has 0 spiro atoms. The van der Waals surface area contributed by atoms with Crippen molar-refractivity contribution in [2.24, 2.45) is 11.8 Å². The van der Waals surface area contributed by atoms with Gasteiger partial charge in [0, 0.05) is 56.4 Å². The molecule has 1 aliphatic carbocycles. The molecule has 4 heterocycles. The fraction of sp³-hybridized carbons (Fsp3) is 0.611. The maximum Gasteiger partial charge on any atom is 0.134 e. The van der Waals surface area contributed by atoms with Crippen LogP contribution in [0.5, 0.6) is 0 Å². The summed E-state index contributed by atoms with van der Waals surface area (Å²) in [6.07, 6.45) is 10.3. The standard InChI is InChI=1S/C18H24N6/c1-13-6-19-12-21-18(13)23-9-14-7-22(8-15(14)10-23)11-17-20-4-5-24(17)16-2-3-16/h4-6,12,14-16H,2-3,7-11H2,1H3. The molecule has 0 radical (unpaired) electrons. The number of hydrogen-bond donors (Lipinski definition) is 0. The highest BCUT2D eigenvalue weighted by Gasteiger charge is 2.41. The van der Waals surface area contributed by atoms with Gasteiger partial charge in [-0.1, -0.05) is 0 Å². The minimum absolute atomic E-state index is 0.723. The van der Waals surface area contributed by atoms with E-state index in [1.807, 2.05) is 12.4 Å². The van der Waals surface area contributed by atoms with Gasteiger partial charge in [-0.25, -0.2) is 15.0 Å². The van der Waals surface area contributed by atoms with Gasteiger partial charge in [0.15, 0.2) is 0 Å². The minimum Gasteiger partial charge on any atom is -0.356 e. The maximum atomic E-state index is 4.60. The Bertz CT molecular complexity index is 723. The summed E-state index contributed by atoms with van der Waals surface area (Å²) in [5.41, 5.74) is 1.18. The van der Waals surface area contributed by atoms with E-state index in [1.165, 1.54) is 37.3 Å². The van der Waals surface area contributed by atoms with Gasteiger partial charge >= 0.3 is 0 Å². The molecule has 3 fully saturated rings. The molecule has 0 amide bonds. The molecule has 6 nitrogen and oxygen atoms in total. The Balaban J connectivity index is 1.24. The number of aryl methyl sites for hydroxylation is 1. The van der Waals surface area contributed by atoms with Crippen LogP contribution in [0.4, 0.5) is 5.82 Å². The number of nitrogens with zero attached hydrogens (tertiary/aromatic N) is 6. The molecule has 0 aromatic carbocycles. The van der Waals surface area contributed by atoms with Crippen molar-refractivity contribution in [2.75, 3.05) is 31.1 Å². The van der Waals surface area contributed by atoms with Crippen molar-refractivity contribution in [1.82, 2.24) is 24.4 Å². The predicted molar refractivity (Wildman–Crippen MR) is 91.7 cm³/mol. The Morgan fingerprint density at radius 3 is 2.58 bits per heavy atom. The van der Waals surface area contributed by atoms with Gasteiger partial charge in [0.25, 0.3) is 0 Å². The van der Waals surface area contributed by atoms with Crippen LogP contribution in [0.1, 0.15) is 30.3 Å². The van der Waals surface area contributed by atoms with Gasteiger partial charge < -0.3 is 9.47 Å². The van der Waals surface area contributed by atoms with Crippen molar-refractivity contribution in [1.29, 1.82) is 0 Å². The fourth-order valence-electron chi connectivity index (χ4n) is 4.47. The van der Waals surface area contributed by atoms with E-state index in [4.69, 9.17) is 0 Å². The number of anilines is 1. The summed E-state index contributed by atoms with van der Waals surface area (Å²) in [6, 6.07) is 0.723. The van der Waals surface area contributed by atoms with E-state index in [0.29, 0.717) is 0 Å². The fourth-order valence-corrected chi connectivity index (χ4v) is 4.47. The third-order valence-electron chi connectivity index (χ3n) is 5.78. The molecule has 0 N–H and O–H groups in total. The lowest BCUT2D eigenvalue weighted by Crippen LogP contribution is -2.30. The molecule has 2 aromatic heterocycles. The van der Waals surface area contributed by atoms with Gasteiger partial charge in [-0.3, -0.25) is 4.90 Å². The van der Waals surface area contributed by atoms with Crippen LogP contribution in [0.2, 0.25) is 0 Å². The van der Waals surface area contributed by atoms with E-state index >= 15 is 0 Å². The van der Waals surface area contributed by atoms with Gasteiger partial charge in [-0.2, -0.15) is 0 Å². The molecule has 2 atom stereocenters. The average Bonchev–Trinajstić information content (AvgIpc) is 3.00. The molecule has 0 bridgehead atoms. The van der Waals surface area contributed by atoms with Gasteiger partial charge in [0.1, 0.15) is 18.0 Å². The molecule has 2 aromatic rings. The third kappa shape index (κ3) is 2.49. The van der Waals surface area contributed by atoms with Crippen LogP contribution >= 0.6 is 0 Å². The minimum atomic E-state index is 0.723. The molecule has 3 aliphatic rings. The molecular weight excluding hydrogens is 300 g/mol. The molecule has 2 unspecified atom stereocenters. The number of fused-ring (bicyclic) bond motifs is 1. The Kier molecular flexibility index (Phi) is 3.33. The maximum absolute atomic E-state index is 4.60. The summed E-state index contributed by atoms with van der Waals surface area (Å²) in [4.78, 5) is 18.3. The second-order valence-corrected chi connectivity index (χ2v) is 7.63. The monoisotopic (exact) mass is 324 g/mol. The molecule has 126 valence electrons. The second-order valence-electron chi connectivity index (χ2n) is 7.63. The highest BCUT2D eigenvalue weighted by molar-refractivity contribution is 5.46. The molecule has 2 aliphatic heterocycles. The summed E-state index contributed by atoms with van der Waals surface area (Å²) >= 11 is 0. The van der Waals surface area contributed by atoms with Crippen molar-refractivity contribution in [3.05, 3.63) is 36.3 Å². The number of imidazole rings is 1. The van der Waals surface area contributed by atoms with Gasteiger partial charge in [-0.15, -0.1) is 0 Å². The SMILES string of the molecule is Cc1cncnc1N1CC2CN(Cc3nccn3C3CC3)CC2C1. The van der Waals surface area contributed by atoms with Crippen molar-refractivity contribution < 1.29 is 0 Å². The van der Waals surface area contributed by atoms with Crippen molar-refractivity contribution >= 4 is 5.82 Å². The van der Waals surface area contributed by atoms with Crippen molar-refractivity contribution in [3.8, 4) is 0 Å². The van der Waals surface area contributed by atoms with Crippen LogP contribution in [0.25, 0.3) is 0 Å². The van der Waals surface area contributed by atoms with Gasteiger partial charge in [-0.05, 0) is 31.6 Å². The number of aromatic nitrogens is 4. The normalized spacial score (nSPS) is 27.0. The van der Waals surface area contributed by atoms with E-state index in [9.17, 15) is 0 Å². The van der Waals surface area contributed by atoms with Gasteiger partial charge in [0.05, 0.1) is 6.54 Å². The number of hydrogen-bond acceptors (Lipinski definition) is 5. The highest BCUT2D eigenvalue weighted by atomic mass is 15.3. The van der Waals surface area contributed by atoms with Crippen LogP contribution in [-0.4, -0.2) is 50.6 Å². The van der Waals surface area contributed by atoms with E-state index in [0.717, 1.165) is 43.3 Å². The first-order valence-electron chi connectivity index (χ1n) is 9.03. The molecule has 6 heteroatoms.